The van der Waals surface area contributed by atoms with E-state index < -0.39 is 36.0 Å². The van der Waals surface area contributed by atoms with Gasteiger partial charge in [0, 0.05) is 17.3 Å². The average Bonchev–Trinajstić information content (AvgIpc) is 2.74. The number of nitrogens with one attached hydrogen (secondary N) is 2. The Hall–Kier alpha value is -2.61. The van der Waals surface area contributed by atoms with Crippen molar-refractivity contribution in [3.8, 4) is 0 Å². The number of carbonyl (C=O) groups is 4. The van der Waals surface area contributed by atoms with Crippen molar-refractivity contribution in [1.82, 2.24) is 10.2 Å². The molecule has 0 bridgehead atoms. The summed E-state index contributed by atoms with van der Waals surface area (Å²) in [6.07, 6.45) is -0.192. The molecule has 1 aromatic rings. The molecule has 0 atom stereocenters. The molecule has 0 unspecified atom stereocenters. The molecule has 1 saturated heterocycles. The Morgan fingerprint density at radius 2 is 2.00 bits per heavy atom. The van der Waals surface area contributed by atoms with Crippen LogP contribution in [0.15, 0.2) is 18.2 Å². The third kappa shape index (κ3) is 4.72. The zero-order valence-corrected chi connectivity index (χ0v) is 15.5. The lowest BCUT2D eigenvalue weighted by Gasteiger charge is -2.15. The van der Waals surface area contributed by atoms with Crippen molar-refractivity contribution in [2.24, 2.45) is 0 Å². The predicted octanol–water partition coefficient (Wildman–Crippen LogP) is 1.85. The highest BCUT2D eigenvalue weighted by molar-refractivity contribution is 6.30. The van der Waals surface area contributed by atoms with Gasteiger partial charge in [-0.25, -0.2) is 4.79 Å². The Morgan fingerprint density at radius 3 is 2.58 bits per heavy atom. The monoisotopic (exact) mass is 381 g/mol. The molecule has 4 amide bonds. The molecule has 1 heterocycles. The van der Waals surface area contributed by atoms with E-state index >= 15 is 0 Å². The average molecular weight is 382 g/mol. The van der Waals surface area contributed by atoms with Crippen LogP contribution in [0.2, 0.25) is 5.02 Å². The van der Waals surface area contributed by atoms with Crippen LogP contribution in [0.5, 0.6) is 0 Å². The van der Waals surface area contributed by atoms with E-state index in [4.69, 9.17) is 16.3 Å². The first kappa shape index (κ1) is 19.7. The van der Waals surface area contributed by atoms with Crippen molar-refractivity contribution in [1.29, 1.82) is 0 Å². The first-order chi connectivity index (χ1) is 12.1. The smallest absolute Gasteiger partial charge is 0.325 e. The fourth-order valence-electron chi connectivity index (χ4n) is 2.40. The minimum Gasteiger partial charge on any atom is -0.456 e. The molecule has 1 aliphatic rings. The Bertz CT molecular complexity index is 763. The number of esters is 1. The first-order valence-corrected chi connectivity index (χ1v) is 8.33. The van der Waals surface area contributed by atoms with Crippen molar-refractivity contribution < 1.29 is 23.9 Å². The fourth-order valence-corrected chi connectivity index (χ4v) is 2.62. The van der Waals surface area contributed by atoms with Gasteiger partial charge in [-0.2, -0.15) is 0 Å². The van der Waals surface area contributed by atoms with Crippen molar-refractivity contribution >= 4 is 41.1 Å². The van der Waals surface area contributed by atoms with E-state index in [0.717, 1.165) is 10.5 Å². The van der Waals surface area contributed by atoms with E-state index in [0.29, 0.717) is 10.7 Å². The van der Waals surface area contributed by atoms with Gasteiger partial charge in [0.05, 0.1) is 6.42 Å². The summed E-state index contributed by atoms with van der Waals surface area (Å²) in [6, 6.07) is 4.43. The van der Waals surface area contributed by atoms with Crippen molar-refractivity contribution in [2.45, 2.75) is 32.7 Å². The van der Waals surface area contributed by atoms with Crippen LogP contribution in [0, 0.1) is 6.92 Å². The van der Waals surface area contributed by atoms with E-state index in [-0.39, 0.29) is 13.0 Å². The number of halogens is 1. The number of urea groups is 1. The summed E-state index contributed by atoms with van der Waals surface area (Å²) in [5.41, 5.74) is 0.354. The minimum atomic E-state index is -0.989. The second-order valence-corrected chi connectivity index (χ2v) is 6.87. The molecule has 0 spiro atoms. The minimum absolute atomic E-state index is 0.106. The Labute approximate surface area is 155 Å². The SMILES string of the molecule is Cc1cc(Cl)ccc1NC(=O)COC(=O)CCN1C(=O)NC(C)(C)C1=O. The number of ether oxygens (including phenoxy) is 1. The van der Waals surface area contributed by atoms with Gasteiger partial charge in [0.15, 0.2) is 6.61 Å². The van der Waals surface area contributed by atoms with Crippen molar-refractivity contribution in [3.63, 3.8) is 0 Å². The second-order valence-electron chi connectivity index (χ2n) is 6.43. The summed E-state index contributed by atoms with van der Waals surface area (Å²) in [7, 11) is 0. The number of anilines is 1. The fraction of sp³-hybridized carbons (Fsp3) is 0.412. The van der Waals surface area contributed by atoms with Crippen LogP contribution in [-0.2, 0) is 19.1 Å². The highest BCUT2D eigenvalue weighted by Gasteiger charge is 2.44. The van der Waals surface area contributed by atoms with E-state index in [1.165, 1.54) is 0 Å². The maximum atomic E-state index is 12.0. The van der Waals surface area contributed by atoms with Gasteiger partial charge in [-0.05, 0) is 44.5 Å². The molecule has 0 saturated carbocycles. The zero-order valence-electron chi connectivity index (χ0n) is 14.7. The molecule has 9 heteroatoms. The summed E-state index contributed by atoms with van der Waals surface area (Å²) in [5.74, 6) is -1.59. The number of imide groups is 1. The number of rotatable bonds is 6. The standard InChI is InChI=1S/C17H20ClN3O5/c1-10-8-11(18)4-5-12(10)19-13(22)9-26-14(23)6-7-21-15(24)17(2,3)20-16(21)25/h4-5,8H,6-7,9H2,1-3H3,(H,19,22)(H,20,25). The van der Waals surface area contributed by atoms with Crippen molar-refractivity contribution in [2.75, 3.05) is 18.5 Å². The molecule has 2 N–H and O–H groups in total. The Morgan fingerprint density at radius 1 is 1.31 bits per heavy atom. The number of hydrogen-bond acceptors (Lipinski definition) is 5. The number of nitrogens with zero attached hydrogens (tertiary/aromatic N) is 1. The third-order valence-corrected chi connectivity index (χ3v) is 4.05. The highest BCUT2D eigenvalue weighted by Crippen LogP contribution is 2.19. The normalized spacial score (nSPS) is 15.6. The second kappa shape index (κ2) is 7.74. The molecule has 1 aliphatic heterocycles. The lowest BCUT2D eigenvalue weighted by molar-refractivity contribution is -0.147. The molecule has 1 fully saturated rings. The van der Waals surface area contributed by atoms with Gasteiger partial charge in [0.25, 0.3) is 11.8 Å². The zero-order chi connectivity index (χ0) is 19.5. The van der Waals surface area contributed by atoms with Gasteiger partial charge >= 0.3 is 12.0 Å². The summed E-state index contributed by atoms with van der Waals surface area (Å²) in [4.78, 5) is 48.3. The van der Waals surface area contributed by atoms with E-state index in [1.807, 2.05) is 0 Å². The lowest BCUT2D eigenvalue weighted by atomic mass is 10.1. The van der Waals surface area contributed by atoms with E-state index in [1.54, 1.807) is 39.0 Å². The molecule has 26 heavy (non-hydrogen) atoms. The van der Waals surface area contributed by atoms with Crippen molar-refractivity contribution in [3.05, 3.63) is 28.8 Å². The van der Waals surface area contributed by atoms with E-state index in [2.05, 4.69) is 10.6 Å². The van der Waals surface area contributed by atoms with Gasteiger partial charge in [0.2, 0.25) is 0 Å². The Balaban J connectivity index is 1.77. The maximum Gasteiger partial charge on any atom is 0.325 e. The van der Waals surface area contributed by atoms with Gasteiger partial charge in [-0.3, -0.25) is 19.3 Å². The quantitative estimate of drug-likeness (QED) is 0.578. The van der Waals surface area contributed by atoms with Crippen LogP contribution in [0.3, 0.4) is 0 Å². The summed E-state index contributed by atoms with van der Waals surface area (Å²) in [5, 5.41) is 5.68. The summed E-state index contributed by atoms with van der Waals surface area (Å²) < 4.78 is 4.88. The van der Waals surface area contributed by atoms with Crippen LogP contribution < -0.4 is 10.6 Å². The van der Waals surface area contributed by atoms with E-state index in [9.17, 15) is 19.2 Å². The number of aryl methyl sites for hydroxylation is 1. The molecule has 140 valence electrons. The van der Waals surface area contributed by atoms with Crippen LogP contribution >= 0.6 is 11.6 Å². The molecular weight excluding hydrogens is 362 g/mol. The topological polar surface area (TPSA) is 105 Å². The number of hydrogen-bond donors (Lipinski definition) is 2. The number of carbonyl (C=O) groups excluding carboxylic acids is 4. The Kier molecular flexibility index (Phi) is 5.86. The molecule has 0 aromatic heterocycles. The van der Waals surface area contributed by atoms with Gasteiger partial charge in [-0.15, -0.1) is 0 Å². The molecule has 8 nitrogen and oxygen atoms in total. The molecular formula is C17H20ClN3O5. The third-order valence-electron chi connectivity index (χ3n) is 3.81. The summed E-state index contributed by atoms with van der Waals surface area (Å²) >= 11 is 5.84. The first-order valence-electron chi connectivity index (χ1n) is 7.96. The van der Waals surface area contributed by atoms with Gasteiger partial charge in [0.1, 0.15) is 5.54 Å². The molecule has 0 radical (unpaired) electrons. The van der Waals surface area contributed by atoms with Crippen LogP contribution in [0.25, 0.3) is 0 Å². The largest absolute Gasteiger partial charge is 0.456 e. The number of amides is 4. The molecule has 0 aliphatic carbocycles. The maximum absolute atomic E-state index is 12.0. The summed E-state index contributed by atoms with van der Waals surface area (Å²) in [6.45, 7) is 4.37. The molecule has 1 aromatic carbocycles. The van der Waals surface area contributed by atoms with Crippen LogP contribution in [0.1, 0.15) is 25.8 Å². The highest BCUT2D eigenvalue weighted by atomic mass is 35.5. The van der Waals surface area contributed by atoms with Crippen LogP contribution in [-0.4, -0.2) is 47.4 Å². The lowest BCUT2D eigenvalue weighted by Crippen LogP contribution is -2.40. The van der Waals surface area contributed by atoms with Gasteiger partial charge < -0.3 is 15.4 Å². The number of benzene rings is 1. The molecule has 2 rings (SSSR count). The van der Waals surface area contributed by atoms with Crippen LogP contribution in [0.4, 0.5) is 10.5 Å². The predicted molar refractivity (Wildman–Crippen MR) is 94.7 cm³/mol. The van der Waals surface area contributed by atoms with Gasteiger partial charge in [-0.1, -0.05) is 11.6 Å².